The number of allylic oxidation sites excluding steroid dienone is 5. The zero-order chi connectivity index (χ0) is 20.3. The molecule has 0 aromatic heterocycles. The molecule has 0 fully saturated rings. The second-order valence-electron chi connectivity index (χ2n) is 7.14. The Labute approximate surface area is 164 Å². The molecule has 1 aromatic rings. The number of hydrogen-bond acceptors (Lipinski definition) is 5. The second-order valence-corrected chi connectivity index (χ2v) is 7.14. The van der Waals surface area contributed by atoms with Gasteiger partial charge >= 0.3 is 11.9 Å². The number of esters is 2. The van der Waals surface area contributed by atoms with Crippen molar-refractivity contribution in [2.75, 3.05) is 14.2 Å². The van der Waals surface area contributed by atoms with Gasteiger partial charge in [0.15, 0.2) is 11.2 Å². The van der Waals surface area contributed by atoms with Crippen LogP contribution in [-0.4, -0.2) is 31.9 Å². The van der Waals surface area contributed by atoms with Crippen LogP contribution in [0.3, 0.4) is 0 Å². The molecule has 0 N–H and O–H groups in total. The number of ketones is 1. The van der Waals surface area contributed by atoms with Gasteiger partial charge in [-0.05, 0) is 12.3 Å². The Morgan fingerprint density at radius 1 is 1.04 bits per heavy atom. The summed E-state index contributed by atoms with van der Waals surface area (Å²) in [5.74, 6) is -2.85. The van der Waals surface area contributed by atoms with E-state index in [2.05, 4.69) is 6.58 Å². The highest BCUT2D eigenvalue weighted by atomic mass is 16.5. The van der Waals surface area contributed by atoms with Crippen LogP contribution >= 0.6 is 0 Å². The SMILES string of the molecule is C=C[C@@H]1C=C[C@H]([C@@H]2C=CCC2(C(=O)OC)C(=O)OC)[C@H]1C(=O)c1ccccc1. The van der Waals surface area contributed by atoms with Crippen LogP contribution in [0.25, 0.3) is 0 Å². The third-order valence-corrected chi connectivity index (χ3v) is 5.88. The molecule has 5 nitrogen and oxygen atoms in total. The third kappa shape index (κ3) is 3.01. The van der Waals surface area contributed by atoms with Crippen LogP contribution in [0.4, 0.5) is 0 Å². The molecular formula is C23H24O5. The molecule has 0 saturated carbocycles. The molecule has 28 heavy (non-hydrogen) atoms. The van der Waals surface area contributed by atoms with Gasteiger partial charge in [0.25, 0.3) is 0 Å². The minimum atomic E-state index is -1.48. The number of hydrogen-bond donors (Lipinski definition) is 0. The smallest absolute Gasteiger partial charge is 0.324 e. The highest BCUT2D eigenvalue weighted by molar-refractivity contribution is 6.02. The molecule has 4 atom stereocenters. The van der Waals surface area contributed by atoms with Crippen molar-refractivity contribution in [3.8, 4) is 0 Å². The van der Waals surface area contributed by atoms with Gasteiger partial charge in [-0.15, -0.1) is 6.58 Å². The fourth-order valence-electron chi connectivity index (χ4n) is 4.51. The fourth-order valence-corrected chi connectivity index (χ4v) is 4.51. The minimum Gasteiger partial charge on any atom is -0.468 e. The lowest BCUT2D eigenvalue weighted by Gasteiger charge is -2.36. The molecule has 0 spiro atoms. The highest BCUT2D eigenvalue weighted by Crippen LogP contribution is 2.51. The van der Waals surface area contributed by atoms with Crippen molar-refractivity contribution >= 4 is 17.7 Å². The van der Waals surface area contributed by atoms with Gasteiger partial charge in [-0.25, -0.2) is 0 Å². The average Bonchev–Trinajstić information content (AvgIpc) is 3.37. The molecule has 0 amide bonds. The van der Waals surface area contributed by atoms with Gasteiger partial charge < -0.3 is 9.47 Å². The van der Waals surface area contributed by atoms with E-state index in [-0.39, 0.29) is 24.0 Å². The van der Waals surface area contributed by atoms with E-state index in [0.717, 1.165) is 0 Å². The zero-order valence-electron chi connectivity index (χ0n) is 16.0. The van der Waals surface area contributed by atoms with E-state index in [1.807, 2.05) is 36.4 Å². The van der Waals surface area contributed by atoms with Gasteiger partial charge in [0.2, 0.25) is 0 Å². The Morgan fingerprint density at radius 2 is 1.68 bits per heavy atom. The molecule has 0 unspecified atom stereocenters. The van der Waals surface area contributed by atoms with Crippen LogP contribution in [0, 0.1) is 29.1 Å². The van der Waals surface area contributed by atoms with Crippen molar-refractivity contribution in [1.82, 2.24) is 0 Å². The van der Waals surface area contributed by atoms with Crippen LogP contribution in [0.5, 0.6) is 0 Å². The van der Waals surface area contributed by atoms with Gasteiger partial charge in [0.05, 0.1) is 14.2 Å². The molecule has 0 heterocycles. The maximum Gasteiger partial charge on any atom is 0.324 e. The Kier molecular flexibility index (Phi) is 5.63. The summed E-state index contributed by atoms with van der Waals surface area (Å²) in [5.41, 5.74) is -0.888. The Hall–Kier alpha value is -2.95. The average molecular weight is 380 g/mol. The quantitative estimate of drug-likeness (QED) is 0.327. The highest BCUT2D eigenvalue weighted by Gasteiger charge is 2.59. The molecule has 0 radical (unpaired) electrons. The van der Waals surface area contributed by atoms with E-state index >= 15 is 0 Å². The summed E-state index contributed by atoms with van der Waals surface area (Å²) in [4.78, 5) is 38.7. The van der Waals surface area contributed by atoms with Crippen LogP contribution in [-0.2, 0) is 19.1 Å². The predicted octanol–water partition coefficient (Wildman–Crippen LogP) is 3.38. The molecule has 146 valence electrons. The van der Waals surface area contributed by atoms with E-state index in [1.165, 1.54) is 14.2 Å². The largest absolute Gasteiger partial charge is 0.468 e. The van der Waals surface area contributed by atoms with Crippen molar-refractivity contribution in [2.45, 2.75) is 6.42 Å². The number of benzene rings is 1. The Morgan fingerprint density at radius 3 is 2.25 bits per heavy atom. The maximum absolute atomic E-state index is 13.3. The van der Waals surface area contributed by atoms with Gasteiger partial charge in [0.1, 0.15) is 0 Å². The first-order valence-corrected chi connectivity index (χ1v) is 9.25. The number of carbonyl (C=O) groups is 3. The molecule has 0 bridgehead atoms. The number of ether oxygens (including phenoxy) is 2. The van der Waals surface area contributed by atoms with Crippen molar-refractivity contribution in [3.05, 3.63) is 72.9 Å². The number of carbonyl (C=O) groups excluding carboxylic acids is 3. The van der Waals surface area contributed by atoms with Crippen LogP contribution in [0.1, 0.15) is 16.8 Å². The summed E-state index contributed by atoms with van der Waals surface area (Å²) in [6, 6.07) is 9.03. The molecular weight excluding hydrogens is 356 g/mol. The van der Waals surface area contributed by atoms with Crippen molar-refractivity contribution in [3.63, 3.8) is 0 Å². The summed E-state index contributed by atoms with van der Waals surface area (Å²) in [6.07, 6.45) is 9.38. The summed E-state index contributed by atoms with van der Waals surface area (Å²) < 4.78 is 9.95. The van der Waals surface area contributed by atoms with Crippen molar-refractivity contribution in [1.29, 1.82) is 0 Å². The minimum absolute atomic E-state index is 0.0376. The summed E-state index contributed by atoms with van der Waals surface area (Å²) in [6.45, 7) is 3.86. The summed E-state index contributed by atoms with van der Waals surface area (Å²) in [7, 11) is 2.51. The van der Waals surface area contributed by atoms with E-state index in [1.54, 1.807) is 24.3 Å². The fraction of sp³-hybridized carbons (Fsp3) is 0.348. The number of Topliss-reactive ketones (excluding diaryl/α,β-unsaturated/α-hetero) is 1. The first kappa shape index (κ1) is 19.8. The predicted molar refractivity (Wildman–Crippen MR) is 104 cm³/mol. The molecule has 2 aliphatic carbocycles. The van der Waals surface area contributed by atoms with Crippen molar-refractivity contribution in [2.24, 2.45) is 29.1 Å². The molecule has 0 saturated heterocycles. The summed E-state index contributed by atoms with van der Waals surface area (Å²) >= 11 is 0. The monoisotopic (exact) mass is 380 g/mol. The third-order valence-electron chi connectivity index (χ3n) is 5.88. The van der Waals surface area contributed by atoms with E-state index < -0.39 is 29.2 Å². The lowest BCUT2D eigenvalue weighted by molar-refractivity contribution is -0.172. The van der Waals surface area contributed by atoms with Gasteiger partial charge in [-0.2, -0.15) is 0 Å². The first-order valence-electron chi connectivity index (χ1n) is 9.25. The first-order chi connectivity index (χ1) is 13.5. The Balaban J connectivity index is 2.04. The molecule has 3 rings (SSSR count). The lowest BCUT2D eigenvalue weighted by atomic mass is 9.66. The van der Waals surface area contributed by atoms with Gasteiger partial charge in [-0.3, -0.25) is 14.4 Å². The molecule has 0 aliphatic heterocycles. The van der Waals surface area contributed by atoms with E-state index in [9.17, 15) is 14.4 Å². The normalized spacial score (nSPS) is 27.4. The number of rotatable bonds is 6. The van der Waals surface area contributed by atoms with Crippen LogP contribution < -0.4 is 0 Å². The van der Waals surface area contributed by atoms with Crippen LogP contribution in [0.15, 0.2) is 67.3 Å². The topological polar surface area (TPSA) is 69.7 Å². The van der Waals surface area contributed by atoms with Crippen molar-refractivity contribution < 1.29 is 23.9 Å². The Bertz CT molecular complexity index is 820. The van der Waals surface area contributed by atoms with Gasteiger partial charge in [-0.1, -0.05) is 60.7 Å². The molecule has 1 aromatic carbocycles. The zero-order valence-corrected chi connectivity index (χ0v) is 16.0. The summed E-state index contributed by atoms with van der Waals surface area (Å²) in [5, 5.41) is 0. The standard InChI is InChI=1S/C23H24O5/c1-4-15-12-13-17(19(15)20(24)16-9-6-5-7-10-16)18-11-8-14-23(18,21(25)27-2)22(26)28-3/h4-13,15,17-19H,1,14H2,2-3H3/t15-,17-,18+,19+/m1/s1. The molecule has 5 heteroatoms. The maximum atomic E-state index is 13.3. The second kappa shape index (κ2) is 7.97. The molecule has 2 aliphatic rings. The van der Waals surface area contributed by atoms with Crippen LogP contribution in [0.2, 0.25) is 0 Å². The lowest BCUT2D eigenvalue weighted by Crippen LogP contribution is -2.48. The van der Waals surface area contributed by atoms with E-state index in [0.29, 0.717) is 5.56 Å². The van der Waals surface area contributed by atoms with Gasteiger partial charge in [0, 0.05) is 23.3 Å². The van der Waals surface area contributed by atoms with E-state index in [4.69, 9.17) is 9.47 Å². The number of methoxy groups -OCH3 is 2.